The number of carbonyl (C=O) groups excluding carboxylic acids is 5. The van der Waals surface area contributed by atoms with Crippen molar-refractivity contribution in [3.63, 3.8) is 0 Å². The number of nitro groups is 1. The van der Waals surface area contributed by atoms with Crippen LogP contribution in [-0.4, -0.2) is 73.9 Å². The van der Waals surface area contributed by atoms with Crippen molar-refractivity contribution in [1.29, 1.82) is 0 Å². The molecule has 0 aromatic heterocycles. The van der Waals surface area contributed by atoms with E-state index in [1.165, 1.54) is 30.3 Å². The molecule has 2 aliphatic rings. The van der Waals surface area contributed by atoms with E-state index in [4.69, 9.17) is 23.7 Å². The van der Waals surface area contributed by atoms with E-state index in [9.17, 15) is 39.2 Å². The molecule has 1 fully saturated rings. The summed E-state index contributed by atoms with van der Waals surface area (Å²) in [7, 11) is 4.11. The van der Waals surface area contributed by atoms with Gasteiger partial charge in [0.25, 0.3) is 5.69 Å². The molecule has 2 aliphatic carbocycles. The molecule has 14 heteroatoms. The second kappa shape index (κ2) is 14.0. The molecule has 1 unspecified atom stereocenters. The van der Waals surface area contributed by atoms with Gasteiger partial charge in [-0.15, -0.1) is 0 Å². The van der Waals surface area contributed by atoms with Crippen LogP contribution in [0, 0.1) is 39.7 Å². The zero-order valence-electron chi connectivity index (χ0n) is 26.2. The Hall–Kier alpha value is -5.37. The van der Waals surface area contributed by atoms with Crippen LogP contribution in [0.4, 0.5) is 5.69 Å². The quantitative estimate of drug-likeness (QED) is 0.104. The van der Waals surface area contributed by atoms with Crippen molar-refractivity contribution in [2.45, 2.75) is 18.9 Å². The minimum Gasteiger partial charge on any atom is -0.469 e. The molecule has 0 spiro atoms. The molecule has 0 heterocycles. The number of nitrogens with zero attached hydrogens (tertiary/aromatic N) is 1. The van der Waals surface area contributed by atoms with E-state index in [-0.39, 0.29) is 23.2 Å². The van der Waals surface area contributed by atoms with Crippen molar-refractivity contribution >= 4 is 47.2 Å². The summed E-state index contributed by atoms with van der Waals surface area (Å²) in [6, 6.07) is 13.5. The van der Waals surface area contributed by atoms with Gasteiger partial charge in [0, 0.05) is 18.1 Å². The number of benzene rings is 2. The van der Waals surface area contributed by atoms with Crippen LogP contribution in [-0.2, 0) is 47.7 Å². The number of fused-ring (bicyclic) bond motifs is 2. The zero-order chi connectivity index (χ0) is 34.6. The van der Waals surface area contributed by atoms with Gasteiger partial charge in [-0.05, 0) is 41.7 Å². The summed E-state index contributed by atoms with van der Waals surface area (Å²) in [5, 5.41) is 23.8. The third kappa shape index (κ3) is 6.23. The Bertz CT molecular complexity index is 1650. The molecule has 0 radical (unpaired) electrons. The molecule has 6 atom stereocenters. The predicted octanol–water partition coefficient (Wildman–Crippen LogP) is 2.87. The summed E-state index contributed by atoms with van der Waals surface area (Å²) < 4.78 is 25.8. The second-order valence-corrected chi connectivity index (χ2v) is 11.1. The molecular weight excluding hydrogens is 618 g/mol. The molecule has 248 valence electrons. The average molecular weight is 652 g/mol. The van der Waals surface area contributed by atoms with Gasteiger partial charge in [0.2, 0.25) is 0 Å². The summed E-state index contributed by atoms with van der Waals surface area (Å²) >= 11 is 0. The largest absolute Gasteiger partial charge is 0.469 e. The number of non-ortho nitro benzene ring substituents is 1. The topological polar surface area (TPSA) is 195 Å². The molecule has 2 bridgehead atoms. The SMILES string of the molecule is COC(=O)C1=C(OC(=O)/C(=C/c2ccccc2)c2ccc([N+](=O)[O-])cc2)C(C(=O)OC)[C@@]2(O)[C@@H](C(=O)OC)[C@H](C)C[C@@H]1[C@@H]2C(=O)OC. The molecule has 47 heavy (non-hydrogen) atoms. The lowest BCUT2D eigenvalue weighted by molar-refractivity contribution is -0.384. The van der Waals surface area contributed by atoms with Gasteiger partial charge in [0.1, 0.15) is 17.3 Å². The number of nitro benzene ring substituents is 1. The minimum absolute atomic E-state index is 0.0870. The summed E-state index contributed by atoms with van der Waals surface area (Å²) in [4.78, 5) is 78.5. The Balaban J connectivity index is 2.00. The van der Waals surface area contributed by atoms with Crippen LogP contribution in [0.15, 0.2) is 65.9 Å². The number of methoxy groups -OCH3 is 4. The average Bonchev–Trinajstić information content (AvgIpc) is 3.06. The molecule has 0 saturated heterocycles. The highest BCUT2D eigenvalue weighted by molar-refractivity contribution is 6.22. The standard InChI is InChI=1S/C33H33NO13/c1-17-15-22-23(29(36)43-2)27(26(32(39)46-5)33(40,24(17)30(37)44-3)25(22)31(38)45-4)47-28(35)21(16-18-9-7-6-8-10-18)19-11-13-20(14-12-19)34(41)42/h6-14,16-17,22,24-26,40H,15H2,1-5H3/b21-16+/t17-,22+,24-,25-,26?,33-/m1/s1. The second-order valence-electron chi connectivity index (χ2n) is 11.1. The van der Waals surface area contributed by atoms with Crippen molar-refractivity contribution in [2.24, 2.45) is 29.6 Å². The molecule has 1 N–H and O–H groups in total. The zero-order valence-corrected chi connectivity index (χ0v) is 26.2. The summed E-state index contributed by atoms with van der Waals surface area (Å²) in [6.45, 7) is 1.57. The predicted molar refractivity (Wildman–Crippen MR) is 161 cm³/mol. The number of rotatable bonds is 9. The smallest absolute Gasteiger partial charge is 0.343 e. The van der Waals surface area contributed by atoms with Gasteiger partial charge in [-0.1, -0.05) is 37.3 Å². The van der Waals surface area contributed by atoms with E-state index in [0.717, 1.165) is 28.4 Å². The maximum absolute atomic E-state index is 14.2. The summed E-state index contributed by atoms with van der Waals surface area (Å²) in [5.41, 5.74) is -2.79. The highest BCUT2D eigenvalue weighted by Crippen LogP contribution is 2.58. The van der Waals surface area contributed by atoms with Crippen LogP contribution >= 0.6 is 0 Å². The summed E-state index contributed by atoms with van der Waals surface area (Å²) in [5.74, 6) is -13.5. The Kier molecular flexibility index (Phi) is 10.2. The van der Waals surface area contributed by atoms with Crippen LogP contribution in [0.3, 0.4) is 0 Å². The maximum Gasteiger partial charge on any atom is 0.343 e. The highest BCUT2D eigenvalue weighted by atomic mass is 16.6. The normalized spacial score (nSPS) is 25.2. The molecule has 0 aliphatic heterocycles. The maximum atomic E-state index is 14.2. The van der Waals surface area contributed by atoms with Crippen molar-refractivity contribution in [3.05, 3.63) is 87.2 Å². The van der Waals surface area contributed by atoms with E-state index in [1.54, 1.807) is 37.3 Å². The Morgan fingerprint density at radius 1 is 0.851 bits per heavy atom. The highest BCUT2D eigenvalue weighted by Gasteiger charge is 2.71. The first-order chi connectivity index (χ1) is 22.3. The number of carbonyl (C=O) groups is 5. The van der Waals surface area contributed by atoms with Crippen molar-refractivity contribution in [3.8, 4) is 0 Å². The Morgan fingerprint density at radius 3 is 1.96 bits per heavy atom. The number of esters is 5. The van der Waals surface area contributed by atoms with Gasteiger partial charge < -0.3 is 28.8 Å². The first-order valence-electron chi connectivity index (χ1n) is 14.4. The van der Waals surface area contributed by atoms with Gasteiger partial charge in [0.15, 0.2) is 0 Å². The first-order valence-corrected chi connectivity index (χ1v) is 14.4. The molecule has 4 rings (SSSR count). The van der Waals surface area contributed by atoms with E-state index >= 15 is 0 Å². The molecule has 2 aromatic rings. The van der Waals surface area contributed by atoms with Gasteiger partial charge in [-0.3, -0.25) is 24.5 Å². The van der Waals surface area contributed by atoms with Gasteiger partial charge in [-0.2, -0.15) is 0 Å². The van der Waals surface area contributed by atoms with Crippen LogP contribution in [0.25, 0.3) is 11.6 Å². The van der Waals surface area contributed by atoms with Crippen LogP contribution in [0.2, 0.25) is 0 Å². The van der Waals surface area contributed by atoms with Gasteiger partial charge in [-0.25, -0.2) is 9.59 Å². The van der Waals surface area contributed by atoms with Crippen molar-refractivity contribution in [1.82, 2.24) is 0 Å². The molecular formula is C33H33NO13. The van der Waals surface area contributed by atoms with Crippen LogP contribution in [0.1, 0.15) is 24.5 Å². The van der Waals surface area contributed by atoms with E-state index in [0.29, 0.717) is 5.56 Å². The number of hydrogen-bond acceptors (Lipinski definition) is 13. The van der Waals surface area contributed by atoms with Crippen molar-refractivity contribution < 1.29 is 57.7 Å². The fourth-order valence-electron chi connectivity index (χ4n) is 6.65. The van der Waals surface area contributed by atoms with E-state index in [2.05, 4.69) is 0 Å². The monoisotopic (exact) mass is 651 g/mol. The minimum atomic E-state index is -2.67. The fourth-order valence-corrected chi connectivity index (χ4v) is 6.65. The van der Waals surface area contributed by atoms with Crippen molar-refractivity contribution in [2.75, 3.05) is 28.4 Å². The van der Waals surface area contributed by atoms with Crippen LogP contribution in [0.5, 0.6) is 0 Å². The molecule has 2 aromatic carbocycles. The van der Waals surface area contributed by atoms with Gasteiger partial charge in [0.05, 0.1) is 56.3 Å². The Morgan fingerprint density at radius 2 is 1.43 bits per heavy atom. The number of hydrogen-bond donors (Lipinski definition) is 1. The number of aliphatic hydroxyl groups is 1. The fraction of sp³-hybridized carbons (Fsp3) is 0.364. The molecule has 0 amide bonds. The Labute approximate surface area is 269 Å². The third-order valence-corrected chi connectivity index (χ3v) is 8.63. The van der Waals surface area contributed by atoms with E-state index in [1.807, 2.05) is 0 Å². The lowest BCUT2D eigenvalue weighted by Gasteiger charge is -2.55. The summed E-state index contributed by atoms with van der Waals surface area (Å²) in [6.07, 6.45) is 1.33. The van der Waals surface area contributed by atoms with Crippen LogP contribution < -0.4 is 0 Å². The van der Waals surface area contributed by atoms with E-state index < -0.39 is 81.3 Å². The van der Waals surface area contributed by atoms with Gasteiger partial charge >= 0.3 is 29.8 Å². The molecule has 1 saturated carbocycles. The molecule has 14 nitrogen and oxygen atoms in total. The first kappa shape index (κ1) is 34.5. The lowest BCUT2D eigenvalue weighted by atomic mass is 9.50. The lowest BCUT2D eigenvalue weighted by Crippen LogP contribution is -2.68. The number of ether oxygens (including phenoxy) is 5. The third-order valence-electron chi connectivity index (χ3n) is 8.63.